The number of methoxy groups -OCH3 is 2. The Kier molecular flexibility index (Phi) is 10.9. The zero-order valence-electron chi connectivity index (χ0n) is 24.0. The molecule has 1 saturated carbocycles. The van der Waals surface area contributed by atoms with Crippen molar-refractivity contribution in [2.24, 2.45) is 0 Å². The fourth-order valence-electron chi connectivity index (χ4n) is 5.15. The van der Waals surface area contributed by atoms with Gasteiger partial charge in [-0.1, -0.05) is 37.5 Å². The number of anilines is 2. The van der Waals surface area contributed by atoms with E-state index >= 15 is 0 Å². The van der Waals surface area contributed by atoms with Gasteiger partial charge in [0.15, 0.2) is 0 Å². The monoisotopic (exact) mass is 576 g/mol. The molecule has 0 spiro atoms. The SMILES string of the molecule is COc1ccc(OC)c(N(C(=O)CCCC(=O)Nc2ccccn2)C(C(=O)NC2CCCCC2)c2ccc(F)cc2)c1. The predicted octanol–water partition coefficient (Wildman–Crippen LogP) is 5.57. The Hall–Kier alpha value is -4.47. The number of amides is 3. The zero-order chi connectivity index (χ0) is 29.9. The van der Waals surface area contributed by atoms with Gasteiger partial charge in [0.05, 0.1) is 19.9 Å². The number of halogens is 1. The van der Waals surface area contributed by atoms with E-state index in [1.807, 2.05) is 0 Å². The summed E-state index contributed by atoms with van der Waals surface area (Å²) in [4.78, 5) is 46.1. The van der Waals surface area contributed by atoms with Crippen LogP contribution in [0.25, 0.3) is 0 Å². The van der Waals surface area contributed by atoms with Crippen LogP contribution in [-0.4, -0.2) is 43.0 Å². The first-order valence-electron chi connectivity index (χ1n) is 14.2. The van der Waals surface area contributed by atoms with Gasteiger partial charge in [0, 0.05) is 31.1 Å². The summed E-state index contributed by atoms with van der Waals surface area (Å²) in [6.07, 6.45) is 6.68. The number of nitrogens with zero attached hydrogens (tertiary/aromatic N) is 2. The zero-order valence-corrected chi connectivity index (χ0v) is 24.0. The van der Waals surface area contributed by atoms with E-state index in [1.165, 1.54) is 43.4 Å². The summed E-state index contributed by atoms with van der Waals surface area (Å²) < 4.78 is 25.0. The highest BCUT2D eigenvalue weighted by Gasteiger charge is 2.35. The molecule has 9 nitrogen and oxygen atoms in total. The number of hydrogen-bond donors (Lipinski definition) is 2. The lowest BCUT2D eigenvalue weighted by Gasteiger charge is -2.34. The van der Waals surface area contributed by atoms with Crippen LogP contribution in [-0.2, 0) is 14.4 Å². The molecule has 1 aliphatic carbocycles. The molecule has 1 aliphatic rings. The van der Waals surface area contributed by atoms with Gasteiger partial charge in [-0.05, 0) is 61.2 Å². The second-order valence-corrected chi connectivity index (χ2v) is 10.2. The maximum Gasteiger partial charge on any atom is 0.248 e. The van der Waals surface area contributed by atoms with E-state index in [0.29, 0.717) is 28.6 Å². The molecular formula is C32H37FN4O5. The van der Waals surface area contributed by atoms with E-state index in [1.54, 1.807) is 42.6 Å². The molecular weight excluding hydrogens is 539 g/mol. The van der Waals surface area contributed by atoms with Crippen LogP contribution in [0.2, 0.25) is 0 Å². The molecule has 10 heteroatoms. The third-order valence-corrected chi connectivity index (χ3v) is 7.28. The molecule has 3 amide bonds. The van der Waals surface area contributed by atoms with Gasteiger partial charge in [-0.2, -0.15) is 0 Å². The number of aromatic nitrogens is 1. The highest BCUT2D eigenvalue weighted by Crippen LogP contribution is 2.38. The van der Waals surface area contributed by atoms with Gasteiger partial charge in [-0.25, -0.2) is 9.37 Å². The minimum Gasteiger partial charge on any atom is -0.497 e. The van der Waals surface area contributed by atoms with Crippen molar-refractivity contribution in [2.45, 2.75) is 63.5 Å². The molecule has 1 fully saturated rings. The molecule has 1 heterocycles. The summed E-state index contributed by atoms with van der Waals surface area (Å²) in [5.74, 6) is -0.274. The number of carbonyl (C=O) groups is 3. The molecule has 2 N–H and O–H groups in total. The molecule has 42 heavy (non-hydrogen) atoms. The largest absolute Gasteiger partial charge is 0.497 e. The lowest BCUT2D eigenvalue weighted by Crippen LogP contribution is -2.47. The third kappa shape index (κ3) is 8.05. The number of pyridine rings is 1. The minimum atomic E-state index is -1.12. The Balaban J connectivity index is 1.66. The molecule has 0 radical (unpaired) electrons. The van der Waals surface area contributed by atoms with E-state index in [0.717, 1.165) is 32.1 Å². The first kappa shape index (κ1) is 30.5. The molecule has 222 valence electrons. The number of ether oxygens (including phenoxy) is 2. The van der Waals surface area contributed by atoms with Crippen molar-refractivity contribution < 1.29 is 28.2 Å². The van der Waals surface area contributed by atoms with Crippen molar-refractivity contribution in [2.75, 3.05) is 24.4 Å². The number of carbonyl (C=O) groups excluding carboxylic acids is 3. The highest BCUT2D eigenvalue weighted by molar-refractivity contribution is 6.03. The number of rotatable bonds is 12. The summed E-state index contributed by atoms with van der Waals surface area (Å²) in [5.41, 5.74) is 0.767. The van der Waals surface area contributed by atoms with E-state index in [-0.39, 0.29) is 37.1 Å². The molecule has 3 aromatic rings. The lowest BCUT2D eigenvalue weighted by atomic mass is 9.94. The molecule has 0 aliphatic heterocycles. The smallest absolute Gasteiger partial charge is 0.248 e. The van der Waals surface area contributed by atoms with E-state index < -0.39 is 17.8 Å². The number of hydrogen-bond acceptors (Lipinski definition) is 6. The predicted molar refractivity (Wildman–Crippen MR) is 158 cm³/mol. The van der Waals surface area contributed by atoms with Crippen LogP contribution < -0.4 is 25.0 Å². The molecule has 4 rings (SSSR count). The summed E-state index contributed by atoms with van der Waals surface area (Å²) in [7, 11) is 2.98. The highest BCUT2D eigenvalue weighted by atomic mass is 19.1. The van der Waals surface area contributed by atoms with Gasteiger partial charge < -0.3 is 20.1 Å². The number of benzene rings is 2. The fourth-order valence-corrected chi connectivity index (χ4v) is 5.15. The fraction of sp³-hybridized carbons (Fsp3) is 0.375. The minimum absolute atomic E-state index is 0.0198. The van der Waals surface area contributed by atoms with Crippen LogP contribution in [0.4, 0.5) is 15.9 Å². The average Bonchev–Trinajstić information content (AvgIpc) is 3.01. The first-order valence-corrected chi connectivity index (χ1v) is 14.2. The van der Waals surface area contributed by atoms with Crippen LogP contribution in [0.3, 0.4) is 0 Å². The summed E-state index contributed by atoms with van der Waals surface area (Å²) in [6.45, 7) is 0. The standard InChI is InChI=1S/C32H37FN4O5/c1-41-25-18-19-27(42-2)26(21-25)37(30(39)13-8-12-29(38)36-28-11-6-7-20-34-28)31(22-14-16-23(33)17-15-22)32(40)35-24-9-4-3-5-10-24/h6-7,11,14-21,24,31H,3-5,8-10,12-13H2,1-2H3,(H,35,40)(H,34,36,38). The van der Waals surface area contributed by atoms with Gasteiger partial charge in [-0.3, -0.25) is 19.3 Å². The normalized spacial score (nSPS) is 14.0. The van der Waals surface area contributed by atoms with E-state index in [4.69, 9.17) is 9.47 Å². The Bertz CT molecular complexity index is 1350. The summed E-state index contributed by atoms with van der Waals surface area (Å²) in [6, 6.07) is 14.6. The van der Waals surface area contributed by atoms with Crippen LogP contribution in [0, 0.1) is 5.82 Å². The van der Waals surface area contributed by atoms with E-state index in [9.17, 15) is 18.8 Å². The average molecular weight is 577 g/mol. The van der Waals surface area contributed by atoms with Gasteiger partial charge in [0.25, 0.3) is 0 Å². The second-order valence-electron chi connectivity index (χ2n) is 10.2. The third-order valence-electron chi connectivity index (χ3n) is 7.28. The summed E-state index contributed by atoms with van der Waals surface area (Å²) in [5, 5.41) is 5.85. The Morgan fingerprint density at radius 2 is 1.74 bits per heavy atom. The van der Waals surface area contributed by atoms with Gasteiger partial charge in [0.2, 0.25) is 17.7 Å². The van der Waals surface area contributed by atoms with Crippen molar-refractivity contribution >= 4 is 29.2 Å². The topological polar surface area (TPSA) is 110 Å². The molecule has 1 aromatic heterocycles. The number of nitrogens with one attached hydrogen (secondary N) is 2. The Morgan fingerprint density at radius 3 is 2.40 bits per heavy atom. The van der Waals surface area contributed by atoms with Crippen molar-refractivity contribution in [3.8, 4) is 11.5 Å². The summed E-state index contributed by atoms with van der Waals surface area (Å²) >= 11 is 0. The molecule has 0 saturated heterocycles. The molecule has 1 atom stereocenters. The second kappa shape index (κ2) is 15.0. The maximum absolute atomic E-state index is 14.1. The first-order chi connectivity index (χ1) is 20.4. The lowest BCUT2D eigenvalue weighted by molar-refractivity contribution is -0.127. The van der Waals surface area contributed by atoms with Crippen molar-refractivity contribution in [1.82, 2.24) is 10.3 Å². The molecule has 2 aromatic carbocycles. The Morgan fingerprint density at radius 1 is 0.976 bits per heavy atom. The van der Waals surface area contributed by atoms with E-state index in [2.05, 4.69) is 15.6 Å². The van der Waals surface area contributed by atoms with Crippen molar-refractivity contribution in [3.63, 3.8) is 0 Å². The Labute approximate surface area is 245 Å². The quantitative estimate of drug-likeness (QED) is 0.292. The van der Waals surface area contributed by atoms with Gasteiger partial charge >= 0.3 is 0 Å². The van der Waals surface area contributed by atoms with Crippen molar-refractivity contribution in [1.29, 1.82) is 0 Å². The van der Waals surface area contributed by atoms with Crippen LogP contribution >= 0.6 is 0 Å². The van der Waals surface area contributed by atoms with Gasteiger partial charge in [0.1, 0.15) is 29.2 Å². The molecule has 0 bridgehead atoms. The van der Waals surface area contributed by atoms with Crippen molar-refractivity contribution in [3.05, 3.63) is 78.2 Å². The molecule has 1 unspecified atom stereocenters. The van der Waals surface area contributed by atoms with Crippen LogP contribution in [0.1, 0.15) is 63.0 Å². The van der Waals surface area contributed by atoms with Crippen LogP contribution in [0.15, 0.2) is 66.9 Å². The maximum atomic E-state index is 14.1. The van der Waals surface area contributed by atoms with Gasteiger partial charge in [-0.15, -0.1) is 0 Å². The van der Waals surface area contributed by atoms with Crippen LogP contribution in [0.5, 0.6) is 11.5 Å².